The first kappa shape index (κ1) is 19.3. The second-order valence-electron chi connectivity index (χ2n) is 6.55. The van der Waals surface area contributed by atoms with Gasteiger partial charge in [0.1, 0.15) is 11.3 Å². The quantitative estimate of drug-likeness (QED) is 0.448. The minimum absolute atomic E-state index is 0.175. The van der Waals surface area contributed by atoms with Gasteiger partial charge in [0.05, 0.1) is 5.39 Å². The number of halogens is 1. The number of fused-ring (bicyclic) bond motifs is 1. The average Bonchev–Trinajstić information content (AvgIpc) is 2.65. The second kappa shape index (κ2) is 7.66. The standard InChI is InChI=1S/C21H20BrNO4/c1-12-18(24)16-10-15(22)11-17(21(25)26-13(2)23(3)4)20(16)27-19(12)14-8-6-5-7-9-14/h5-11,13H,1-4H3. The molecular weight excluding hydrogens is 410 g/mol. The van der Waals surface area contributed by atoms with E-state index in [1.54, 1.807) is 30.9 Å². The number of nitrogens with zero attached hydrogens (tertiary/aromatic N) is 1. The van der Waals surface area contributed by atoms with Crippen molar-refractivity contribution < 1.29 is 13.9 Å². The van der Waals surface area contributed by atoms with E-state index in [0.29, 0.717) is 21.2 Å². The summed E-state index contributed by atoms with van der Waals surface area (Å²) in [4.78, 5) is 27.4. The molecule has 0 aliphatic heterocycles. The molecule has 0 amide bonds. The predicted octanol–water partition coefficient (Wildman–Crippen LogP) is 4.60. The highest BCUT2D eigenvalue weighted by molar-refractivity contribution is 9.10. The largest absolute Gasteiger partial charge is 0.455 e. The minimum atomic E-state index is -0.548. The van der Waals surface area contributed by atoms with Gasteiger partial charge in [0, 0.05) is 15.6 Å². The Labute approximate surface area is 165 Å². The van der Waals surface area contributed by atoms with Crippen molar-refractivity contribution in [1.29, 1.82) is 0 Å². The fourth-order valence-corrected chi connectivity index (χ4v) is 3.15. The Balaban J connectivity index is 2.24. The van der Waals surface area contributed by atoms with Crippen molar-refractivity contribution in [2.75, 3.05) is 14.1 Å². The zero-order valence-electron chi connectivity index (χ0n) is 15.6. The van der Waals surface area contributed by atoms with Gasteiger partial charge in [-0.05, 0) is 40.1 Å². The van der Waals surface area contributed by atoms with E-state index >= 15 is 0 Å². The third-order valence-corrected chi connectivity index (χ3v) is 4.90. The van der Waals surface area contributed by atoms with Gasteiger partial charge in [-0.3, -0.25) is 9.69 Å². The van der Waals surface area contributed by atoms with Crippen LogP contribution in [-0.2, 0) is 4.74 Å². The van der Waals surface area contributed by atoms with E-state index in [1.165, 1.54) is 0 Å². The highest BCUT2D eigenvalue weighted by Gasteiger charge is 2.22. The van der Waals surface area contributed by atoms with E-state index in [9.17, 15) is 9.59 Å². The molecule has 0 bridgehead atoms. The van der Waals surface area contributed by atoms with E-state index in [4.69, 9.17) is 9.15 Å². The van der Waals surface area contributed by atoms with Crippen LogP contribution in [0.25, 0.3) is 22.3 Å². The Bertz CT molecular complexity index is 1060. The Hall–Kier alpha value is -2.44. The van der Waals surface area contributed by atoms with Crippen LogP contribution >= 0.6 is 15.9 Å². The lowest BCUT2D eigenvalue weighted by Crippen LogP contribution is -2.30. The summed E-state index contributed by atoms with van der Waals surface area (Å²) < 4.78 is 12.2. The summed E-state index contributed by atoms with van der Waals surface area (Å²) in [6.45, 7) is 3.49. The fraction of sp³-hybridized carbons (Fsp3) is 0.238. The number of carbonyl (C=O) groups excluding carboxylic acids is 1. The first-order valence-electron chi connectivity index (χ1n) is 8.49. The normalized spacial score (nSPS) is 12.4. The topological polar surface area (TPSA) is 59.8 Å². The molecule has 0 fully saturated rings. The molecule has 5 nitrogen and oxygen atoms in total. The van der Waals surface area contributed by atoms with Crippen molar-refractivity contribution in [1.82, 2.24) is 4.90 Å². The van der Waals surface area contributed by atoms with Crippen molar-refractivity contribution in [2.24, 2.45) is 0 Å². The van der Waals surface area contributed by atoms with Gasteiger partial charge in [0.25, 0.3) is 0 Å². The molecule has 0 saturated carbocycles. The van der Waals surface area contributed by atoms with Crippen LogP contribution in [0.15, 0.2) is 56.1 Å². The lowest BCUT2D eigenvalue weighted by atomic mass is 10.0. The summed E-state index contributed by atoms with van der Waals surface area (Å²) in [6.07, 6.45) is -0.419. The Morgan fingerprint density at radius 2 is 1.85 bits per heavy atom. The molecule has 6 heteroatoms. The number of benzene rings is 2. The maximum absolute atomic E-state index is 12.9. The lowest BCUT2D eigenvalue weighted by Gasteiger charge is -2.20. The number of rotatable bonds is 4. The summed E-state index contributed by atoms with van der Waals surface area (Å²) in [6, 6.07) is 12.6. The highest BCUT2D eigenvalue weighted by atomic mass is 79.9. The van der Waals surface area contributed by atoms with Crippen molar-refractivity contribution in [3.63, 3.8) is 0 Å². The molecule has 1 unspecified atom stereocenters. The highest BCUT2D eigenvalue weighted by Crippen LogP contribution is 2.30. The van der Waals surface area contributed by atoms with Gasteiger partial charge in [-0.2, -0.15) is 0 Å². The molecule has 140 valence electrons. The van der Waals surface area contributed by atoms with Crippen molar-refractivity contribution in [3.05, 3.63) is 68.3 Å². The van der Waals surface area contributed by atoms with E-state index in [2.05, 4.69) is 15.9 Å². The molecule has 27 heavy (non-hydrogen) atoms. The molecule has 0 aliphatic rings. The second-order valence-corrected chi connectivity index (χ2v) is 7.47. The van der Waals surface area contributed by atoms with Crippen LogP contribution in [0.3, 0.4) is 0 Å². The third-order valence-electron chi connectivity index (χ3n) is 4.44. The summed E-state index contributed by atoms with van der Waals surface area (Å²) in [7, 11) is 3.63. The fourth-order valence-electron chi connectivity index (χ4n) is 2.70. The van der Waals surface area contributed by atoms with E-state index < -0.39 is 12.2 Å². The monoisotopic (exact) mass is 429 g/mol. The van der Waals surface area contributed by atoms with E-state index in [1.807, 2.05) is 44.4 Å². The van der Waals surface area contributed by atoms with E-state index in [-0.39, 0.29) is 16.6 Å². The number of ether oxygens (including phenoxy) is 1. The number of hydrogen-bond acceptors (Lipinski definition) is 5. The average molecular weight is 430 g/mol. The van der Waals surface area contributed by atoms with Gasteiger partial charge in [-0.25, -0.2) is 4.79 Å². The first-order chi connectivity index (χ1) is 12.8. The maximum Gasteiger partial charge on any atom is 0.343 e. The van der Waals surface area contributed by atoms with E-state index in [0.717, 1.165) is 5.56 Å². The van der Waals surface area contributed by atoms with Crippen LogP contribution in [0.4, 0.5) is 0 Å². The van der Waals surface area contributed by atoms with Crippen LogP contribution in [0.1, 0.15) is 22.8 Å². The smallest absolute Gasteiger partial charge is 0.343 e. The summed E-state index contributed by atoms with van der Waals surface area (Å²) in [5.41, 5.74) is 1.53. The molecular formula is C21H20BrNO4. The summed E-state index contributed by atoms with van der Waals surface area (Å²) in [5, 5.41) is 0.339. The molecule has 0 radical (unpaired) electrons. The Morgan fingerprint density at radius 1 is 1.19 bits per heavy atom. The molecule has 0 aliphatic carbocycles. The van der Waals surface area contributed by atoms with Gasteiger partial charge in [-0.1, -0.05) is 46.3 Å². The molecule has 1 aromatic heterocycles. The van der Waals surface area contributed by atoms with Gasteiger partial charge in [-0.15, -0.1) is 0 Å². The van der Waals surface area contributed by atoms with Gasteiger partial charge in [0.15, 0.2) is 17.2 Å². The van der Waals surface area contributed by atoms with Crippen molar-refractivity contribution in [3.8, 4) is 11.3 Å². The molecule has 0 saturated heterocycles. The van der Waals surface area contributed by atoms with Gasteiger partial charge >= 0.3 is 5.97 Å². The maximum atomic E-state index is 12.9. The molecule has 1 heterocycles. The number of hydrogen-bond donors (Lipinski definition) is 0. The zero-order valence-corrected chi connectivity index (χ0v) is 17.2. The van der Waals surface area contributed by atoms with Crippen LogP contribution in [-0.4, -0.2) is 31.2 Å². The van der Waals surface area contributed by atoms with Crippen molar-refractivity contribution in [2.45, 2.75) is 20.1 Å². The lowest BCUT2D eigenvalue weighted by molar-refractivity contribution is -0.00537. The predicted molar refractivity (Wildman–Crippen MR) is 109 cm³/mol. The minimum Gasteiger partial charge on any atom is -0.455 e. The molecule has 3 aromatic rings. The van der Waals surface area contributed by atoms with Gasteiger partial charge in [0.2, 0.25) is 0 Å². The third kappa shape index (κ3) is 3.82. The molecule has 1 atom stereocenters. The van der Waals surface area contributed by atoms with Crippen LogP contribution in [0.2, 0.25) is 0 Å². The van der Waals surface area contributed by atoms with Crippen LogP contribution in [0.5, 0.6) is 0 Å². The van der Waals surface area contributed by atoms with Crippen molar-refractivity contribution >= 4 is 32.9 Å². The van der Waals surface area contributed by atoms with Crippen LogP contribution in [0, 0.1) is 6.92 Å². The number of carbonyl (C=O) groups is 1. The molecule has 2 aromatic carbocycles. The molecule has 3 rings (SSSR count). The summed E-state index contributed by atoms with van der Waals surface area (Å²) >= 11 is 3.37. The SMILES string of the molecule is Cc1c(-c2ccccc2)oc2c(C(=O)OC(C)N(C)C)cc(Br)cc2c1=O. The van der Waals surface area contributed by atoms with Gasteiger partial charge < -0.3 is 9.15 Å². The Morgan fingerprint density at radius 3 is 2.48 bits per heavy atom. The zero-order chi connectivity index (χ0) is 19.7. The Kier molecular flexibility index (Phi) is 5.48. The van der Waals surface area contributed by atoms with Crippen LogP contribution < -0.4 is 5.43 Å². The molecule has 0 N–H and O–H groups in total. The summed E-state index contributed by atoms with van der Waals surface area (Å²) in [5.74, 6) is -0.0985. The number of esters is 1. The first-order valence-corrected chi connectivity index (χ1v) is 9.28. The molecule has 0 spiro atoms.